The number of urea groups is 1. The third kappa shape index (κ3) is 5.47. The molecule has 1 unspecified atom stereocenters. The number of benzene rings is 3. The SMILES string of the molecule is COc1cccc(NC(=O)N2CCCC2C(=O)Nc2ccc(-c3ccccc3S(N)(=O)=O)cc2F)c1. The van der Waals surface area contributed by atoms with Crippen molar-refractivity contribution in [1.29, 1.82) is 0 Å². The van der Waals surface area contributed by atoms with E-state index in [0.717, 1.165) is 6.07 Å². The third-order valence-corrected chi connectivity index (χ3v) is 6.84. The van der Waals surface area contributed by atoms with Gasteiger partial charge in [-0.2, -0.15) is 0 Å². The molecular formula is C25H25FN4O5S. The third-order valence-electron chi connectivity index (χ3n) is 5.87. The lowest BCUT2D eigenvalue weighted by Gasteiger charge is -2.24. The summed E-state index contributed by atoms with van der Waals surface area (Å²) in [5, 5.41) is 10.6. The van der Waals surface area contributed by atoms with Crippen LogP contribution in [0.15, 0.2) is 71.6 Å². The quantitative estimate of drug-likeness (QED) is 0.463. The summed E-state index contributed by atoms with van der Waals surface area (Å²) in [5.74, 6) is -0.700. The van der Waals surface area contributed by atoms with Crippen LogP contribution in [0.5, 0.6) is 5.75 Å². The lowest BCUT2D eigenvalue weighted by atomic mass is 10.0. The Hall–Kier alpha value is -3.96. The molecule has 0 radical (unpaired) electrons. The van der Waals surface area contributed by atoms with E-state index in [-0.39, 0.29) is 21.7 Å². The number of anilines is 2. The summed E-state index contributed by atoms with van der Waals surface area (Å²) < 4.78 is 43.9. The minimum Gasteiger partial charge on any atom is -0.497 e. The Balaban J connectivity index is 1.49. The van der Waals surface area contributed by atoms with Gasteiger partial charge in [0.05, 0.1) is 17.7 Å². The number of methoxy groups -OCH3 is 1. The largest absolute Gasteiger partial charge is 0.497 e. The predicted octanol–water partition coefficient (Wildman–Crippen LogP) is 3.78. The Morgan fingerprint density at radius 3 is 2.56 bits per heavy atom. The number of ether oxygens (including phenoxy) is 1. The van der Waals surface area contributed by atoms with Crippen molar-refractivity contribution < 1.29 is 27.1 Å². The van der Waals surface area contributed by atoms with E-state index < -0.39 is 33.8 Å². The standard InChI is InChI=1S/C25H25FN4O5S/c1-35-18-7-4-6-17(15-18)28-25(32)30-13-5-9-22(30)24(31)29-21-12-11-16(14-20(21)26)19-8-2-3-10-23(19)36(27,33)34/h2-4,6-8,10-12,14-15,22H,5,9,13H2,1H3,(H,28,32)(H,29,31)(H2,27,33,34). The number of rotatable bonds is 6. The molecule has 1 atom stereocenters. The number of amides is 3. The van der Waals surface area contributed by atoms with Gasteiger partial charge in [-0.05, 0) is 48.7 Å². The normalized spacial score (nSPS) is 15.4. The van der Waals surface area contributed by atoms with E-state index in [2.05, 4.69) is 10.6 Å². The number of nitrogens with one attached hydrogen (secondary N) is 2. The van der Waals surface area contributed by atoms with Crippen molar-refractivity contribution in [3.63, 3.8) is 0 Å². The van der Waals surface area contributed by atoms with Crippen LogP contribution in [0.25, 0.3) is 11.1 Å². The molecule has 0 spiro atoms. The topological polar surface area (TPSA) is 131 Å². The van der Waals surface area contributed by atoms with E-state index in [9.17, 15) is 22.4 Å². The molecule has 3 aromatic rings. The number of hydrogen-bond donors (Lipinski definition) is 3. The molecule has 188 valence electrons. The molecule has 3 amide bonds. The molecule has 4 rings (SSSR count). The second kappa shape index (κ2) is 10.3. The summed E-state index contributed by atoms with van der Waals surface area (Å²) in [5.41, 5.74) is 0.965. The van der Waals surface area contributed by atoms with Crippen molar-refractivity contribution in [2.75, 3.05) is 24.3 Å². The summed E-state index contributed by atoms with van der Waals surface area (Å²) in [6.07, 6.45) is 1.05. The smallest absolute Gasteiger partial charge is 0.322 e. The maximum atomic E-state index is 14.9. The number of likely N-dealkylation sites (tertiary alicyclic amines) is 1. The first-order valence-corrected chi connectivity index (χ1v) is 12.7. The van der Waals surface area contributed by atoms with Gasteiger partial charge in [0.15, 0.2) is 0 Å². The highest BCUT2D eigenvalue weighted by Gasteiger charge is 2.34. The first kappa shape index (κ1) is 25.1. The van der Waals surface area contributed by atoms with Gasteiger partial charge in [-0.15, -0.1) is 0 Å². The molecule has 1 fully saturated rings. The Labute approximate surface area is 208 Å². The van der Waals surface area contributed by atoms with Gasteiger partial charge in [0.25, 0.3) is 0 Å². The lowest BCUT2D eigenvalue weighted by molar-refractivity contribution is -0.119. The van der Waals surface area contributed by atoms with Crippen LogP contribution >= 0.6 is 0 Å². The zero-order chi connectivity index (χ0) is 25.9. The highest BCUT2D eigenvalue weighted by atomic mass is 32.2. The van der Waals surface area contributed by atoms with Crippen LogP contribution in [0.2, 0.25) is 0 Å². The highest BCUT2D eigenvalue weighted by molar-refractivity contribution is 7.89. The molecule has 1 aliphatic rings. The monoisotopic (exact) mass is 512 g/mol. The molecule has 1 saturated heterocycles. The second-order valence-corrected chi connectivity index (χ2v) is 9.77. The van der Waals surface area contributed by atoms with Crippen LogP contribution in [0, 0.1) is 5.82 Å². The Morgan fingerprint density at radius 1 is 1.06 bits per heavy atom. The molecular weight excluding hydrogens is 487 g/mol. The zero-order valence-electron chi connectivity index (χ0n) is 19.4. The maximum Gasteiger partial charge on any atom is 0.322 e. The van der Waals surface area contributed by atoms with Crippen LogP contribution in [0.3, 0.4) is 0 Å². The second-order valence-electron chi connectivity index (χ2n) is 8.24. The molecule has 0 saturated carbocycles. The average molecular weight is 513 g/mol. The van der Waals surface area contributed by atoms with Crippen molar-refractivity contribution in [2.24, 2.45) is 5.14 Å². The Bertz CT molecular complexity index is 1410. The highest BCUT2D eigenvalue weighted by Crippen LogP contribution is 2.30. The van der Waals surface area contributed by atoms with E-state index in [4.69, 9.17) is 9.88 Å². The van der Waals surface area contributed by atoms with Gasteiger partial charge in [-0.1, -0.05) is 30.3 Å². The van der Waals surface area contributed by atoms with Crippen LogP contribution in [-0.2, 0) is 14.8 Å². The van der Waals surface area contributed by atoms with Crippen LogP contribution in [0.1, 0.15) is 12.8 Å². The number of primary sulfonamides is 1. The van der Waals surface area contributed by atoms with E-state index >= 15 is 0 Å². The summed E-state index contributed by atoms with van der Waals surface area (Å²) in [6, 6.07) is 15.6. The predicted molar refractivity (Wildman–Crippen MR) is 134 cm³/mol. The molecule has 9 nitrogen and oxygen atoms in total. The van der Waals surface area contributed by atoms with Crippen LogP contribution < -0.4 is 20.5 Å². The van der Waals surface area contributed by atoms with Crippen molar-refractivity contribution in [1.82, 2.24) is 4.90 Å². The zero-order valence-corrected chi connectivity index (χ0v) is 20.2. The van der Waals surface area contributed by atoms with Crippen molar-refractivity contribution in [2.45, 2.75) is 23.8 Å². The van der Waals surface area contributed by atoms with Gasteiger partial charge < -0.3 is 20.3 Å². The maximum absolute atomic E-state index is 14.9. The molecule has 1 heterocycles. The molecule has 11 heteroatoms. The number of nitrogens with two attached hydrogens (primary N) is 1. The molecule has 3 aromatic carbocycles. The number of hydrogen-bond acceptors (Lipinski definition) is 5. The van der Waals surface area contributed by atoms with E-state index in [1.807, 2.05) is 0 Å². The van der Waals surface area contributed by atoms with Gasteiger partial charge in [-0.25, -0.2) is 22.7 Å². The van der Waals surface area contributed by atoms with Gasteiger partial charge in [0.2, 0.25) is 15.9 Å². The van der Waals surface area contributed by atoms with Gasteiger partial charge in [0.1, 0.15) is 17.6 Å². The van der Waals surface area contributed by atoms with Crippen molar-refractivity contribution in [3.8, 4) is 16.9 Å². The number of carbonyl (C=O) groups excluding carboxylic acids is 2. The van der Waals surface area contributed by atoms with Crippen molar-refractivity contribution >= 4 is 33.3 Å². The van der Waals surface area contributed by atoms with Gasteiger partial charge in [0, 0.05) is 23.9 Å². The van der Waals surface area contributed by atoms with Crippen LogP contribution in [0.4, 0.5) is 20.6 Å². The van der Waals surface area contributed by atoms with E-state index in [0.29, 0.717) is 30.8 Å². The fourth-order valence-corrected chi connectivity index (χ4v) is 4.89. The Kier molecular flexibility index (Phi) is 7.22. The fraction of sp³-hybridized carbons (Fsp3) is 0.200. The molecule has 0 aliphatic carbocycles. The van der Waals surface area contributed by atoms with Gasteiger partial charge in [-0.3, -0.25) is 4.79 Å². The first-order chi connectivity index (χ1) is 17.2. The fourth-order valence-electron chi connectivity index (χ4n) is 4.13. The summed E-state index contributed by atoms with van der Waals surface area (Å²) in [6.45, 7) is 0.375. The van der Waals surface area contributed by atoms with Crippen molar-refractivity contribution in [3.05, 3.63) is 72.5 Å². The molecule has 0 aromatic heterocycles. The molecule has 0 bridgehead atoms. The van der Waals surface area contributed by atoms with E-state index in [1.165, 1.54) is 42.3 Å². The average Bonchev–Trinajstić information content (AvgIpc) is 3.35. The number of carbonyl (C=O) groups is 2. The number of sulfonamides is 1. The summed E-state index contributed by atoms with van der Waals surface area (Å²) in [7, 11) is -2.50. The summed E-state index contributed by atoms with van der Waals surface area (Å²) in [4.78, 5) is 27.1. The molecule has 36 heavy (non-hydrogen) atoms. The minimum atomic E-state index is -4.02. The first-order valence-electron chi connectivity index (χ1n) is 11.1. The number of halogens is 1. The minimum absolute atomic E-state index is 0.0862. The van der Waals surface area contributed by atoms with Crippen LogP contribution in [-0.4, -0.2) is 45.0 Å². The van der Waals surface area contributed by atoms with E-state index in [1.54, 1.807) is 30.3 Å². The summed E-state index contributed by atoms with van der Waals surface area (Å²) >= 11 is 0. The lowest BCUT2D eigenvalue weighted by Crippen LogP contribution is -2.45. The number of nitrogens with zero attached hydrogens (tertiary/aromatic N) is 1. The van der Waals surface area contributed by atoms with Gasteiger partial charge >= 0.3 is 6.03 Å². The molecule has 4 N–H and O–H groups in total. The molecule has 1 aliphatic heterocycles. The Morgan fingerprint density at radius 2 is 1.83 bits per heavy atom.